The van der Waals surface area contributed by atoms with E-state index in [1.165, 1.54) is 38.6 Å². The van der Waals surface area contributed by atoms with Gasteiger partial charge in [-0.05, 0) is 98.8 Å². The van der Waals surface area contributed by atoms with E-state index >= 15 is 0 Å². The average Bonchev–Trinajstić information content (AvgIpc) is 3.55. The predicted octanol–water partition coefficient (Wildman–Crippen LogP) is 13.2. The van der Waals surface area contributed by atoms with E-state index in [-0.39, 0.29) is 0 Å². The molecule has 1 aromatic heterocycles. The Kier molecular flexibility index (Phi) is 6.84. The standard InChI is InChI=1S/C46H31NO/c1-2-10-32(11-3-1)34-22-26-39(27-23-34)47(41-15-8-14-37(31-41)38-21-20-33-12-4-5-13-36(33)30-38)40-28-24-35(25-29-40)42-17-9-19-45-46(42)43-16-6-7-18-44(43)48-45/h1-31H. The summed E-state index contributed by atoms with van der Waals surface area (Å²) in [5, 5.41) is 4.77. The van der Waals surface area contributed by atoms with Gasteiger partial charge in [0.25, 0.3) is 0 Å². The summed E-state index contributed by atoms with van der Waals surface area (Å²) < 4.78 is 6.20. The maximum atomic E-state index is 6.20. The summed E-state index contributed by atoms with van der Waals surface area (Å²) in [6, 6.07) is 67.0. The summed E-state index contributed by atoms with van der Waals surface area (Å²) in [5.74, 6) is 0. The summed E-state index contributed by atoms with van der Waals surface area (Å²) in [6.07, 6.45) is 0. The molecular formula is C46H31NO. The minimum atomic E-state index is 0.906. The number of nitrogens with zero attached hydrogens (tertiary/aromatic N) is 1. The first-order valence-electron chi connectivity index (χ1n) is 16.3. The van der Waals surface area contributed by atoms with Gasteiger partial charge in [-0.1, -0.05) is 133 Å². The van der Waals surface area contributed by atoms with Crippen molar-refractivity contribution in [1.82, 2.24) is 0 Å². The van der Waals surface area contributed by atoms with Crippen molar-refractivity contribution in [3.8, 4) is 33.4 Å². The molecule has 1 heterocycles. The molecular weight excluding hydrogens is 583 g/mol. The van der Waals surface area contributed by atoms with E-state index < -0.39 is 0 Å². The lowest BCUT2D eigenvalue weighted by Crippen LogP contribution is -2.10. The molecule has 0 bridgehead atoms. The first-order valence-corrected chi connectivity index (χ1v) is 16.3. The van der Waals surface area contributed by atoms with Crippen LogP contribution < -0.4 is 4.90 Å². The fourth-order valence-corrected chi connectivity index (χ4v) is 6.88. The van der Waals surface area contributed by atoms with Crippen molar-refractivity contribution < 1.29 is 4.42 Å². The van der Waals surface area contributed by atoms with Gasteiger partial charge in [0.2, 0.25) is 0 Å². The molecule has 0 saturated carbocycles. The zero-order chi connectivity index (χ0) is 31.9. The average molecular weight is 614 g/mol. The number of furan rings is 1. The van der Waals surface area contributed by atoms with E-state index in [1.54, 1.807) is 0 Å². The Morgan fingerprint density at radius 2 is 0.917 bits per heavy atom. The minimum Gasteiger partial charge on any atom is -0.456 e. The molecule has 48 heavy (non-hydrogen) atoms. The Labute approximate surface area is 279 Å². The molecule has 2 nitrogen and oxygen atoms in total. The highest BCUT2D eigenvalue weighted by atomic mass is 16.3. The third-order valence-corrected chi connectivity index (χ3v) is 9.26. The van der Waals surface area contributed by atoms with Crippen molar-refractivity contribution in [3.05, 3.63) is 188 Å². The zero-order valence-corrected chi connectivity index (χ0v) is 26.3. The van der Waals surface area contributed by atoms with Crippen molar-refractivity contribution in [1.29, 1.82) is 0 Å². The maximum Gasteiger partial charge on any atom is 0.136 e. The van der Waals surface area contributed by atoms with Gasteiger partial charge < -0.3 is 9.32 Å². The molecule has 0 aliphatic carbocycles. The highest BCUT2D eigenvalue weighted by Gasteiger charge is 2.16. The summed E-state index contributed by atoms with van der Waals surface area (Å²) >= 11 is 0. The highest BCUT2D eigenvalue weighted by Crippen LogP contribution is 2.41. The monoisotopic (exact) mass is 613 g/mol. The molecule has 0 amide bonds. The number of benzene rings is 8. The SMILES string of the molecule is c1ccc(-c2ccc(N(c3ccc(-c4cccc5oc6ccccc6c45)cc3)c3cccc(-c4ccc5ccccc5c4)c3)cc2)cc1. The Hall–Kier alpha value is -6.38. The third kappa shape index (κ3) is 5.01. The van der Waals surface area contributed by atoms with E-state index in [4.69, 9.17) is 4.42 Å². The molecule has 226 valence electrons. The number of rotatable bonds is 6. The van der Waals surface area contributed by atoms with E-state index in [9.17, 15) is 0 Å². The number of para-hydroxylation sites is 1. The number of hydrogen-bond acceptors (Lipinski definition) is 2. The Morgan fingerprint density at radius 1 is 0.333 bits per heavy atom. The number of anilines is 3. The quantitative estimate of drug-likeness (QED) is 0.185. The van der Waals surface area contributed by atoms with E-state index in [2.05, 4.69) is 181 Å². The first kappa shape index (κ1) is 27.9. The minimum absolute atomic E-state index is 0.906. The normalized spacial score (nSPS) is 11.3. The molecule has 0 fully saturated rings. The second kappa shape index (κ2) is 11.8. The van der Waals surface area contributed by atoms with E-state index in [1.807, 2.05) is 12.1 Å². The van der Waals surface area contributed by atoms with Crippen LogP contribution in [0.5, 0.6) is 0 Å². The van der Waals surface area contributed by atoms with Crippen molar-refractivity contribution in [2.75, 3.05) is 4.90 Å². The van der Waals surface area contributed by atoms with Crippen LogP contribution in [-0.2, 0) is 0 Å². The van der Waals surface area contributed by atoms with Crippen LogP contribution in [0.4, 0.5) is 17.1 Å². The zero-order valence-electron chi connectivity index (χ0n) is 26.3. The summed E-state index contributed by atoms with van der Waals surface area (Å²) in [7, 11) is 0. The molecule has 0 saturated heterocycles. The van der Waals surface area contributed by atoms with Crippen LogP contribution in [0.25, 0.3) is 66.1 Å². The van der Waals surface area contributed by atoms with Crippen LogP contribution in [0, 0.1) is 0 Å². The molecule has 2 heteroatoms. The van der Waals surface area contributed by atoms with Gasteiger partial charge in [-0.3, -0.25) is 0 Å². The van der Waals surface area contributed by atoms with Crippen LogP contribution in [-0.4, -0.2) is 0 Å². The second-order valence-electron chi connectivity index (χ2n) is 12.2. The van der Waals surface area contributed by atoms with E-state index in [0.717, 1.165) is 44.6 Å². The third-order valence-electron chi connectivity index (χ3n) is 9.26. The van der Waals surface area contributed by atoms with Crippen LogP contribution in [0.2, 0.25) is 0 Å². The van der Waals surface area contributed by atoms with E-state index in [0.29, 0.717) is 0 Å². The topological polar surface area (TPSA) is 16.4 Å². The van der Waals surface area contributed by atoms with Crippen molar-refractivity contribution in [2.24, 2.45) is 0 Å². The molecule has 0 spiro atoms. The lowest BCUT2D eigenvalue weighted by molar-refractivity contribution is 0.669. The molecule has 0 unspecified atom stereocenters. The summed E-state index contributed by atoms with van der Waals surface area (Å²) in [4.78, 5) is 2.34. The molecule has 8 aromatic carbocycles. The van der Waals surface area contributed by atoms with Crippen molar-refractivity contribution >= 4 is 49.8 Å². The second-order valence-corrected chi connectivity index (χ2v) is 12.2. The van der Waals surface area contributed by atoms with Gasteiger partial charge in [0.15, 0.2) is 0 Å². The fraction of sp³-hybridized carbons (Fsp3) is 0. The lowest BCUT2D eigenvalue weighted by Gasteiger charge is -2.26. The molecule has 0 atom stereocenters. The van der Waals surface area contributed by atoms with Gasteiger partial charge in [-0.25, -0.2) is 0 Å². The molecule has 0 aliphatic rings. The maximum absolute atomic E-state index is 6.20. The molecule has 9 aromatic rings. The predicted molar refractivity (Wildman–Crippen MR) is 202 cm³/mol. The van der Waals surface area contributed by atoms with Gasteiger partial charge in [-0.15, -0.1) is 0 Å². The van der Waals surface area contributed by atoms with Crippen molar-refractivity contribution in [2.45, 2.75) is 0 Å². The molecule has 0 radical (unpaired) electrons. The van der Waals surface area contributed by atoms with Crippen LogP contribution in [0.15, 0.2) is 192 Å². The van der Waals surface area contributed by atoms with Gasteiger partial charge in [0.1, 0.15) is 11.2 Å². The van der Waals surface area contributed by atoms with Gasteiger partial charge in [0.05, 0.1) is 0 Å². The molecule has 0 aliphatic heterocycles. The van der Waals surface area contributed by atoms with Crippen LogP contribution in [0.1, 0.15) is 0 Å². The highest BCUT2D eigenvalue weighted by molar-refractivity contribution is 6.12. The largest absolute Gasteiger partial charge is 0.456 e. The van der Waals surface area contributed by atoms with Crippen molar-refractivity contribution in [3.63, 3.8) is 0 Å². The lowest BCUT2D eigenvalue weighted by atomic mass is 9.98. The summed E-state index contributed by atoms with van der Waals surface area (Å²) in [5.41, 5.74) is 12.2. The first-order chi connectivity index (χ1) is 23.8. The van der Waals surface area contributed by atoms with Gasteiger partial charge >= 0.3 is 0 Å². The van der Waals surface area contributed by atoms with Gasteiger partial charge in [-0.2, -0.15) is 0 Å². The Bertz CT molecular complexity index is 2540. The fourth-order valence-electron chi connectivity index (χ4n) is 6.88. The van der Waals surface area contributed by atoms with Gasteiger partial charge in [0, 0.05) is 27.8 Å². The van der Waals surface area contributed by atoms with Crippen LogP contribution in [0.3, 0.4) is 0 Å². The number of hydrogen-bond donors (Lipinski definition) is 0. The van der Waals surface area contributed by atoms with Crippen LogP contribution >= 0.6 is 0 Å². The molecule has 9 rings (SSSR count). The Balaban J connectivity index is 1.15. The Morgan fingerprint density at radius 3 is 1.73 bits per heavy atom. The smallest absolute Gasteiger partial charge is 0.136 e. The summed E-state index contributed by atoms with van der Waals surface area (Å²) in [6.45, 7) is 0. The molecule has 0 N–H and O–H groups in total. The number of fused-ring (bicyclic) bond motifs is 4.